The van der Waals surface area contributed by atoms with E-state index in [1.54, 1.807) is 0 Å². The molecule has 0 aliphatic carbocycles. The number of para-hydroxylation sites is 2. The number of aryl methyl sites for hydroxylation is 1. The Labute approximate surface area is 120 Å². The normalized spacial score (nSPS) is 11.4. The first kappa shape index (κ1) is 14.7. The number of hydrogen-bond donors (Lipinski definition) is 1. The topological polar surface area (TPSA) is 46.9 Å². The molecule has 4 nitrogen and oxygen atoms in total. The summed E-state index contributed by atoms with van der Waals surface area (Å²) >= 11 is 0. The highest BCUT2D eigenvalue weighted by Gasteiger charge is 2.13. The lowest BCUT2D eigenvalue weighted by molar-refractivity contribution is -0.117. The summed E-state index contributed by atoms with van der Waals surface area (Å²) in [6.45, 7) is 7.54. The van der Waals surface area contributed by atoms with Gasteiger partial charge < -0.3 is 9.88 Å². The third-order valence-corrected chi connectivity index (χ3v) is 3.24. The lowest BCUT2D eigenvalue weighted by atomic mass is 10.2. The van der Waals surface area contributed by atoms with Crippen molar-refractivity contribution in [3.8, 4) is 0 Å². The molecule has 0 aliphatic rings. The van der Waals surface area contributed by atoms with Crippen molar-refractivity contribution in [2.24, 2.45) is 0 Å². The maximum Gasteiger partial charge on any atom is 0.154 e. The van der Waals surface area contributed by atoms with Crippen LogP contribution in [0.3, 0.4) is 0 Å². The van der Waals surface area contributed by atoms with Gasteiger partial charge in [0.05, 0.1) is 24.0 Å². The standard InChI is InChI=1S/C16H23N3O/c1-4-9-19-15-8-6-5-7-14(15)18-16(19)10-13(20)11-17-12(2)3/h5-8,12,17H,4,9-11H2,1-3H3. The number of Topliss-reactive ketones (excluding diaryl/α,β-unsaturated/α-hetero) is 1. The molecule has 1 N–H and O–H groups in total. The summed E-state index contributed by atoms with van der Waals surface area (Å²) in [5.41, 5.74) is 2.09. The van der Waals surface area contributed by atoms with Crippen molar-refractivity contribution < 1.29 is 4.79 Å². The molecule has 0 aliphatic heterocycles. The zero-order valence-electron chi connectivity index (χ0n) is 12.5. The van der Waals surface area contributed by atoms with Crippen LogP contribution in [-0.2, 0) is 17.8 Å². The van der Waals surface area contributed by atoms with Crippen LogP contribution < -0.4 is 5.32 Å². The van der Waals surface area contributed by atoms with Crippen LogP contribution in [0.2, 0.25) is 0 Å². The summed E-state index contributed by atoms with van der Waals surface area (Å²) < 4.78 is 2.17. The number of aromatic nitrogens is 2. The predicted octanol–water partition coefficient (Wildman–Crippen LogP) is 2.56. The number of hydrogen-bond acceptors (Lipinski definition) is 3. The van der Waals surface area contributed by atoms with Crippen LogP contribution in [0.4, 0.5) is 0 Å². The van der Waals surface area contributed by atoms with Crippen molar-refractivity contribution in [2.45, 2.75) is 46.2 Å². The second-order valence-corrected chi connectivity index (χ2v) is 5.42. The number of rotatable bonds is 7. The fourth-order valence-corrected chi connectivity index (χ4v) is 2.29. The van der Waals surface area contributed by atoms with E-state index >= 15 is 0 Å². The maximum atomic E-state index is 12.0. The van der Waals surface area contributed by atoms with E-state index in [0.29, 0.717) is 19.0 Å². The van der Waals surface area contributed by atoms with Crippen molar-refractivity contribution in [2.75, 3.05) is 6.54 Å². The Morgan fingerprint density at radius 1 is 1.35 bits per heavy atom. The van der Waals surface area contributed by atoms with E-state index in [4.69, 9.17) is 0 Å². The molecule has 2 rings (SSSR count). The summed E-state index contributed by atoms with van der Waals surface area (Å²) in [5, 5.41) is 3.16. The predicted molar refractivity (Wildman–Crippen MR) is 81.9 cm³/mol. The molecular weight excluding hydrogens is 250 g/mol. The number of imidazole rings is 1. The Balaban J connectivity index is 2.20. The van der Waals surface area contributed by atoms with Gasteiger partial charge in [0.2, 0.25) is 0 Å². The molecule has 0 fully saturated rings. The molecule has 0 radical (unpaired) electrons. The second kappa shape index (κ2) is 6.66. The smallest absolute Gasteiger partial charge is 0.154 e. The number of ketones is 1. The molecular formula is C16H23N3O. The number of benzene rings is 1. The van der Waals surface area contributed by atoms with Gasteiger partial charge in [0.15, 0.2) is 5.78 Å². The fraction of sp³-hybridized carbons (Fsp3) is 0.500. The van der Waals surface area contributed by atoms with Crippen molar-refractivity contribution in [1.29, 1.82) is 0 Å². The largest absolute Gasteiger partial charge is 0.328 e. The van der Waals surface area contributed by atoms with E-state index in [1.807, 2.05) is 32.0 Å². The third-order valence-electron chi connectivity index (χ3n) is 3.24. The molecule has 108 valence electrons. The number of fused-ring (bicyclic) bond motifs is 1. The molecule has 0 saturated carbocycles. The van der Waals surface area contributed by atoms with Crippen LogP contribution in [0, 0.1) is 0 Å². The van der Waals surface area contributed by atoms with Crippen LogP contribution in [0.25, 0.3) is 11.0 Å². The van der Waals surface area contributed by atoms with E-state index < -0.39 is 0 Å². The first-order valence-corrected chi connectivity index (χ1v) is 7.31. The van der Waals surface area contributed by atoms with Gasteiger partial charge in [0.25, 0.3) is 0 Å². The van der Waals surface area contributed by atoms with Gasteiger partial charge in [-0.05, 0) is 18.6 Å². The summed E-state index contributed by atoms with van der Waals surface area (Å²) in [7, 11) is 0. The highest BCUT2D eigenvalue weighted by Crippen LogP contribution is 2.17. The molecule has 0 amide bonds. The lowest BCUT2D eigenvalue weighted by Crippen LogP contribution is -2.30. The van der Waals surface area contributed by atoms with Crippen LogP contribution in [-0.4, -0.2) is 27.9 Å². The highest BCUT2D eigenvalue weighted by atomic mass is 16.1. The Hall–Kier alpha value is -1.68. The summed E-state index contributed by atoms with van der Waals surface area (Å²) in [6, 6.07) is 8.40. The zero-order valence-corrected chi connectivity index (χ0v) is 12.5. The Morgan fingerprint density at radius 3 is 2.80 bits per heavy atom. The second-order valence-electron chi connectivity index (χ2n) is 5.42. The zero-order chi connectivity index (χ0) is 14.5. The molecule has 2 aromatic rings. The van der Waals surface area contributed by atoms with Crippen molar-refractivity contribution in [3.63, 3.8) is 0 Å². The minimum atomic E-state index is 0.186. The van der Waals surface area contributed by atoms with Crippen LogP contribution in [0.1, 0.15) is 33.0 Å². The van der Waals surface area contributed by atoms with Crippen LogP contribution in [0.15, 0.2) is 24.3 Å². The highest BCUT2D eigenvalue weighted by molar-refractivity contribution is 5.84. The van der Waals surface area contributed by atoms with Gasteiger partial charge >= 0.3 is 0 Å². The molecule has 1 aromatic carbocycles. The number of carbonyl (C=O) groups is 1. The molecule has 0 bridgehead atoms. The monoisotopic (exact) mass is 273 g/mol. The fourth-order valence-electron chi connectivity index (χ4n) is 2.29. The van der Waals surface area contributed by atoms with Gasteiger partial charge in [-0.3, -0.25) is 4.79 Å². The minimum Gasteiger partial charge on any atom is -0.328 e. The summed E-state index contributed by atoms with van der Waals surface area (Å²) in [6.07, 6.45) is 1.43. The van der Waals surface area contributed by atoms with Crippen molar-refractivity contribution in [1.82, 2.24) is 14.9 Å². The van der Waals surface area contributed by atoms with Crippen molar-refractivity contribution >= 4 is 16.8 Å². The average molecular weight is 273 g/mol. The number of nitrogens with zero attached hydrogens (tertiary/aromatic N) is 2. The Bertz CT molecular complexity index is 586. The quantitative estimate of drug-likeness (QED) is 0.843. The van der Waals surface area contributed by atoms with Crippen LogP contribution in [0.5, 0.6) is 0 Å². The summed E-state index contributed by atoms with van der Waals surface area (Å²) in [4.78, 5) is 16.6. The van der Waals surface area contributed by atoms with Crippen LogP contribution >= 0.6 is 0 Å². The van der Waals surface area contributed by atoms with Gasteiger partial charge in [-0.2, -0.15) is 0 Å². The van der Waals surface area contributed by atoms with E-state index in [9.17, 15) is 4.79 Å². The molecule has 0 unspecified atom stereocenters. The number of carbonyl (C=O) groups excluding carboxylic acids is 1. The number of nitrogens with one attached hydrogen (secondary N) is 1. The molecule has 0 saturated heterocycles. The SMILES string of the molecule is CCCn1c(CC(=O)CNC(C)C)nc2ccccc21. The Morgan fingerprint density at radius 2 is 2.10 bits per heavy atom. The Kier molecular flexibility index (Phi) is 4.90. The molecule has 4 heteroatoms. The molecule has 0 atom stereocenters. The molecule has 20 heavy (non-hydrogen) atoms. The third kappa shape index (κ3) is 3.45. The summed E-state index contributed by atoms with van der Waals surface area (Å²) in [5.74, 6) is 1.06. The van der Waals surface area contributed by atoms with Gasteiger partial charge in [-0.25, -0.2) is 4.98 Å². The van der Waals surface area contributed by atoms with Gasteiger partial charge in [-0.15, -0.1) is 0 Å². The maximum absolute atomic E-state index is 12.0. The van der Waals surface area contributed by atoms with Gasteiger partial charge in [-0.1, -0.05) is 32.9 Å². The van der Waals surface area contributed by atoms with E-state index in [2.05, 4.69) is 27.9 Å². The van der Waals surface area contributed by atoms with E-state index in [-0.39, 0.29) is 5.78 Å². The van der Waals surface area contributed by atoms with E-state index in [1.165, 1.54) is 0 Å². The van der Waals surface area contributed by atoms with Gasteiger partial charge in [0, 0.05) is 12.6 Å². The first-order valence-electron chi connectivity index (χ1n) is 7.31. The lowest BCUT2D eigenvalue weighted by Gasteiger charge is -2.09. The average Bonchev–Trinajstić information content (AvgIpc) is 2.75. The molecule has 0 spiro atoms. The van der Waals surface area contributed by atoms with Gasteiger partial charge in [0.1, 0.15) is 5.82 Å². The minimum absolute atomic E-state index is 0.186. The van der Waals surface area contributed by atoms with Crippen molar-refractivity contribution in [3.05, 3.63) is 30.1 Å². The first-order chi connectivity index (χ1) is 9.61. The molecule has 1 heterocycles. The van der Waals surface area contributed by atoms with E-state index in [0.717, 1.165) is 29.8 Å². The molecule has 1 aromatic heterocycles.